The lowest BCUT2D eigenvalue weighted by molar-refractivity contribution is -0.146. The topological polar surface area (TPSA) is 105 Å². The number of nitrogens with one attached hydrogen (secondary N) is 1. The summed E-state index contributed by atoms with van der Waals surface area (Å²) in [6.07, 6.45) is 2.27. The van der Waals surface area contributed by atoms with Gasteiger partial charge in [-0.25, -0.2) is 0 Å². The largest absolute Gasteiger partial charge is 0.481 e. The number of aliphatic carboxylic acids is 1. The number of rotatable bonds is 4. The maximum Gasteiger partial charge on any atom is 0.306 e. The van der Waals surface area contributed by atoms with E-state index < -0.39 is 12.0 Å². The summed E-state index contributed by atoms with van der Waals surface area (Å²) >= 11 is 0. The molecule has 1 aliphatic carbocycles. The van der Waals surface area contributed by atoms with Crippen molar-refractivity contribution in [3.8, 4) is 11.5 Å². The minimum absolute atomic E-state index is 0.119. The average Bonchev–Trinajstić information content (AvgIpc) is 3.24. The Labute approximate surface area is 150 Å². The first-order chi connectivity index (χ1) is 12.5. The van der Waals surface area contributed by atoms with Crippen LogP contribution >= 0.6 is 0 Å². The van der Waals surface area contributed by atoms with E-state index in [1.165, 1.54) is 0 Å². The van der Waals surface area contributed by atoms with Crippen molar-refractivity contribution in [3.63, 3.8) is 0 Å². The van der Waals surface area contributed by atoms with Gasteiger partial charge in [0, 0.05) is 18.2 Å². The molecule has 1 unspecified atom stereocenters. The summed E-state index contributed by atoms with van der Waals surface area (Å²) in [6, 6.07) is 4.37. The number of carbonyl (C=O) groups excluding carboxylic acids is 2. The Hall–Kier alpha value is -2.77. The highest BCUT2D eigenvalue weighted by atomic mass is 16.7. The van der Waals surface area contributed by atoms with Crippen LogP contribution in [-0.2, 0) is 9.59 Å². The van der Waals surface area contributed by atoms with Crippen LogP contribution in [0.3, 0.4) is 0 Å². The van der Waals surface area contributed by atoms with Crippen LogP contribution in [0, 0.1) is 5.92 Å². The molecular weight excluding hydrogens is 340 g/mol. The van der Waals surface area contributed by atoms with Crippen molar-refractivity contribution in [2.24, 2.45) is 5.92 Å². The predicted octanol–water partition coefficient (Wildman–Crippen LogP) is 0.999. The molecule has 4 rings (SSSR count). The van der Waals surface area contributed by atoms with E-state index in [0.29, 0.717) is 42.9 Å². The molecule has 138 valence electrons. The monoisotopic (exact) mass is 360 g/mol. The molecule has 1 saturated carbocycles. The van der Waals surface area contributed by atoms with E-state index in [2.05, 4.69) is 5.32 Å². The van der Waals surface area contributed by atoms with Gasteiger partial charge in [0.15, 0.2) is 11.5 Å². The fourth-order valence-corrected chi connectivity index (χ4v) is 3.71. The fraction of sp³-hybridized carbons (Fsp3) is 0.500. The summed E-state index contributed by atoms with van der Waals surface area (Å²) in [5.74, 6) is -0.477. The summed E-state index contributed by atoms with van der Waals surface area (Å²) in [4.78, 5) is 37.9. The van der Waals surface area contributed by atoms with Crippen LogP contribution in [0.2, 0.25) is 0 Å². The molecule has 0 aromatic heterocycles. The second kappa shape index (κ2) is 6.51. The summed E-state index contributed by atoms with van der Waals surface area (Å²) < 4.78 is 10.6. The quantitative estimate of drug-likeness (QED) is 0.830. The average molecular weight is 360 g/mol. The molecule has 26 heavy (non-hydrogen) atoms. The van der Waals surface area contributed by atoms with Gasteiger partial charge in [-0.2, -0.15) is 0 Å². The van der Waals surface area contributed by atoms with Crippen molar-refractivity contribution < 1.29 is 29.0 Å². The lowest BCUT2D eigenvalue weighted by Crippen LogP contribution is -2.53. The Morgan fingerprint density at radius 2 is 1.92 bits per heavy atom. The minimum atomic E-state index is -0.823. The van der Waals surface area contributed by atoms with Crippen molar-refractivity contribution >= 4 is 17.8 Å². The number of likely N-dealkylation sites (tertiary alicyclic amines) is 1. The van der Waals surface area contributed by atoms with E-state index in [-0.39, 0.29) is 30.6 Å². The number of hydrogen-bond donors (Lipinski definition) is 2. The first-order valence-corrected chi connectivity index (χ1v) is 8.76. The molecule has 1 atom stereocenters. The molecule has 2 fully saturated rings. The number of amides is 2. The molecule has 8 heteroatoms. The fourth-order valence-electron chi connectivity index (χ4n) is 3.71. The molecule has 1 aromatic carbocycles. The van der Waals surface area contributed by atoms with Gasteiger partial charge in [0.25, 0.3) is 5.91 Å². The SMILES string of the molecule is O=C(O)C1CC(NC(=O)C2CCCN2C(=O)c2ccc3c(c2)OCO3)C1. The first kappa shape index (κ1) is 16.7. The highest BCUT2D eigenvalue weighted by molar-refractivity contribution is 5.98. The third kappa shape index (κ3) is 2.95. The summed E-state index contributed by atoms with van der Waals surface area (Å²) in [5, 5.41) is 11.8. The molecule has 2 heterocycles. The zero-order valence-electron chi connectivity index (χ0n) is 14.1. The third-order valence-electron chi connectivity index (χ3n) is 5.27. The second-order valence-corrected chi connectivity index (χ2v) is 6.94. The zero-order valence-corrected chi connectivity index (χ0v) is 14.1. The highest BCUT2D eigenvalue weighted by Gasteiger charge is 2.39. The van der Waals surface area contributed by atoms with Gasteiger partial charge in [-0.15, -0.1) is 0 Å². The van der Waals surface area contributed by atoms with Gasteiger partial charge in [-0.1, -0.05) is 0 Å². The van der Waals surface area contributed by atoms with Crippen LogP contribution in [-0.4, -0.2) is 53.2 Å². The molecule has 0 radical (unpaired) electrons. The van der Waals surface area contributed by atoms with Crippen LogP contribution in [0.5, 0.6) is 11.5 Å². The molecule has 8 nitrogen and oxygen atoms in total. The Kier molecular flexibility index (Phi) is 4.18. The number of carboxylic acid groups (broad SMARTS) is 1. The third-order valence-corrected chi connectivity index (χ3v) is 5.27. The van der Waals surface area contributed by atoms with Crippen molar-refractivity contribution in [3.05, 3.63) is 23.8 Å². The number of nitrogens with zero attached hydrogens (tertiary/aromatic N) is 1. The molecule has 1 saturated heterocycles. The van der Waals surface area contributed by atoms with E-state index in [1.54, 1.807) is 23.1 Å². The van der Waals surface area contributed by atoms with Crippen LogP contribution in [0.1, 0.15) is 36.0 Å². The molecule has 3 aliphatic rings. The van der Waals surface area contributed by atoms with Gasteiger partial charge in [0.2, 0.25) is 12.7 Å². The minimum Gasteiger partial charge on any atom is -0.481 e. The van der Waals surface area contributed by atoms with Gasteiger partial charge < -0.3 is 24.8 Å². The van der Waals surface area contributed by atoms with Crippen LogP contribution in [0.25, 0.3) is 0 Å². The van der Waals surface area contributed by atoms with E-state index in [4.69, 9.17) is 14.6 Å². The number of carbonyl (C=O) groups is 3. The van der Waals surface area contributed by atoms with Gasteiger partial charge in [-0.3, -0.25) is 14.4 Å². The van der Waals surface area contributed by atoms with E-state index >= 15 is 0 Å². The van der Waals surface area contributed by atoms with E-state index in [9.17, 15) is 14.4 Å². The number of benzene rings is 1. The smallest absolute Gasteiger partial charge is 0.306 e. The Bertz CT molecular complexity index is 758. The molecule has 2 N–H and O–H groups in total. The lowest BCUT2D eigenvalue weighted by atomic mass is 9.80. The van der Waals surface area contributed by atoms with Gasteiger partial charge in [-0.05, 0) is 43.9 Å². The number of hydrogen-bond acceptors (Lipinski definition) is 5. The van der Waals surface area contributed by atoms with Crippen LogP contribution in [0.4, 0.5) is 0 Å². The molecular formula is C18H20N2O6. The van der Waals surface area contributed by atoms with Crippen molar-refractivity contribution in [2.75, 3.05) is 13.3 Å². The van der Waals surface area contributed by atoms with Crippen molar-refractivity contribution in [1.29, 1.82) is 0 Å². The second-order valence-electron chi connectivity index (χ2n) is 6.94. The molecule has 1 aromatic rings. The maximum atomic E-state index is 12.8. The zero-order chi connectivity index (χ0) is 18.3. The highest BCUT2D eigenvalue weighted by Crippen LogP contribution is 2.33. The number of fused-ring (bicyclic) bond motifs is 1. The van der Waals surface area contributed by atoms with Gasteiger partial charge >= 0.3 is 5.97 Å². The summed E-state index contributed by atoms with van der Waals surface area (Å²) in [7, 11) is 0. The summed E-state index contributed by atoms with van der Waals surface area (Å²) in [5.41, 5.74) is 0.462. The van der Waals surface area contributed by atoms with Gasteiger partial charge in [0.1, 0.15) is 6.04 Å². The molecule has 2 amide bonds. The number of carboxylic acids is 1. The lowest BCUT2D eigenvalue weighted by Gasteiger charge is -2.34. The van der Waals surface area contributed by atoms with Crippen LogP contribution in [0.15, 0.2) is 18.2 Å². The standard InChI is InChI=1S/C18H20N2O6/c21-16(19-12-6-11(7-12)18(23)24)13-2-1-5-20(13)17(22)10-3-4-14-15(8-10)26-9-25-14/h3-4,8,11-13H,1-2,5-7,9H2,(H,19,21)(H,23,24). The normalized spacial score (nSPS) is 26.3. The van der Waals surface area contributed by atoms with Crippen molar-refractivity contribution in [1.82, 2.24) is 10.2 Å². The molecule has 0 bridgehead atoms. The number of ether oxygens (including phenoxy) is 2. The van der Waals surface area contributed by atoms with E-state index in [1.807, 2.05) is 0 Å². The first-order valence-electron chi connectivity index (χ1n) is 8.76. The summed E-state index contributed by atoms with van der Waals surface area (Å²) in [6.45, 7) is 0.661. The Balaban J connectivity index is 1.40. The Morgan fingerprint density at radius 1 is 1.15 bits per heavy atom. The van der Waals surface area contributed by atoms with Crippen molar-refractivity contribution in [2.45, 2.75) is 37.8 Å². The maximum absolute atomic E-state index is 12.8. The van der Waals surface area contributed by atoms with Gasteiger partial charge in [0.05, 0.1) is 5.92 Å². The van der Waals surface area contributed by atoms with E-state index in [0.717, 1.165) is 6.42 Å². The Morgan fingerprint density at radius 3 is 2.69 bits per heavy atom. The molecule has 0 spiro atoms. The molecule has 2 aliphatic heterocycles. The van der Waals surface area contributed by atoms with Crippen LogP contribution < -0.4 is 14.8 Å². The predicted molar refractivity (Wildman–Crippen MR) is 88.9 cm³/mol.